The summed E-state index contributed by atoms with van der Waals surface area (Å²) < 4.78 is 39.2. The smallest absolute Gasteiger partial charge is 0.396 e. The number of allylic oxidation sites excluding steroid dienone is 1. The van der Waals surface area contributed by atoms with Crippen LogP contribution in [-0.4, -0.2) is 14.1 Å². The van der Waals surface area contributed by atoms with Crippen LogP contribution in [0, 0.1) is 11.3 Å². The summed E-state index contributed by atoms with van der Waals surface area (Å²) in [6.45, 7) is 0. The molecule has 5 N–H and O–H groups in total. The maximum absolute atomic E-state index is 13.1. The van der Waals surface area contributed by atoms with Crippen LogP contribution in [0.25, 0.3) is 16.8 Å². The summed E-state index contributed by atoms with van der Waals surface area (Å²) in [7, 11) is 3.57. The van der Waals surface area contributed by atoms with Crippen LogP contribution < -0.4 is 21.9 Å². The number of nitrogens with one attached hydrogen (secondary N) is 1. The summed E-state index contributed by atoms with van der Waals surface area (Å²) in [6.07, 6.45) is -4.44. The molecule has 0 radical (unpaired) electrons. The predicted molar refractivity (Wildman–Crippen MR) is 95.3 cm³/mol. The maximum Gasteiger partial charge on any atom is 0.416 e. The van der Waals surface area contributed by atoms with Crippen molar-refractivity contribution >= 4 is 11.4 Å². The van der Waals surface area contributed by atoms with Gasteiger partial charge >= 0.3 is 6.18 Å². The van der Waals surface area contributed by atoms with E-state index in [-0.39, 0.29) is 11.4 Å². The van der Waals surface area contributed by atoms with Crippen molar-refractivity contribution in [1.82, 2.24) is 5.43 Å². The molecule has 5 nitrogen and oxygen atoms in total. The number of hydrazine groups is 1. The van der Waals surface area contributed by atoms with E-state index >= 15 is 0 Å². The standard InChI is InChI=1S/C18H18F3N5/c1-26(2)16-7-6-12(17(23)15(10-22)25-24)9-14(16)11-4-3-5-13(8-11)18(19,20)21/h3-9,25H,23-24H2,1-2H3/b17-15-. The molecule has 0 aliphatic carbocycles. The fourth-order valence-corrected chi connectivity index (χ4v) is 2.50. The lowest BCUT2D eigenvalue weighted by atomic mass is 9.97. The van der Waals surface area contributed by atoms with E-state index in [9.17, 15) is 13.2 Å². The van der Waals surface area contributed by atoms with Crippen LogP contribution >= 0.6 is 0 Å². The molecule has 2 aromatic carbocycles. The highest BCUT2D eigenvalue weighted by atomic mass is 19.4. The van der Waals surface area contributed by atoms with Gasteiger partial charge in [0.2, 0.25) is 0 Å². The minimum absolute atomic E-state index is 0.0300. The quantitative estimate of drug-likeness (QED) is 0.442. The molecule has 26 heavy (non-hydrogen) atoms. The molecule has 0 aliphatic rings. The van der Waals surface area contributed by atoms with Crippen LogP contribution in [0.15, 0.2) is 48.2 Å². The Bertz CT molecular complexity index is 879. The molecule has 0 fully saturated rings. The molecule has 0 aliphatic heterocycles. The second kappa shape index (κ2) is 7.37. The van der Waals surface area contributed by atoms with Crippen molar-refractivity contribution in [1.29, 1.82) is 5.26 Å². The second-order valence-electron chi connectivity index (χ2n) is 5.75. The topological polar surface area (TPSA) is 91.1 Å². The zero-order valence-electron chi connectivity index (χ0n) is 14.2. The summed E-state index contributed by atoms with van der Waals surface area (Å²) in [5.74, 6) is 5.27. The van der Waals surface area contributed by atoms with E-state index in [4.69, 9.17) is 16.8 Å². The molecule has 0 amide bonds. The molecular weight excluding hydrogens is 343 g/mol. The van der Waals surface area contributed by atoms with Gasteiger partial charge in [0, 0.05) is 30.9 Å². The first-order chi connectivity index (χ1) is 12.2. The highest BCUT2D eigenvalue weighted by Gasteiger charge is 2.30. The highest BCUT2D eigenvalue weighted by Crippen LogP contribution is 2.36. The van der Waals surface area contributed by atoms with E-state index in [0.29, 0.717) is 22.4 Å². The molecule has 0 saturated carbocycles. The van der Waals surface area contributed by atoms with Crippen molar-refractivity contribution in [2.45, 2.75) is 6.18 Å². The molecule has 2 aromatic rings. The van der Waals surface area contributed by atoms with Crippen molar-refractivity contribution in [3.63, 3.8) is 0 Å². The van der Waals surface area contributed by atoms with E-state index in [0.717, 1.165) is 12.1 Å². The van der Waals surface area contributed by atoms with Crippen molar-refractivity contribution < 1.29 is 13.2 Å². The van der Waals surface area contributed by atoms with E-state index < -0.39 is 11.7 Å². The fraction of sp³-hybridized carbons (Fsp3) is 0.167. The second-order valence-corrected chi connectivity index (χ2v) is 5.75. The van der Waals surface area contributed by atoms with Crippen LogP contribution in [0.1, 0.15) is 11.1 Å². The number of nitrogens with zero attached hydrogens (tertiary/aromatic N) is 2. The third kappa shape index (κ3) is 3.90. The zero-order chi connectivity index (χ0) is 19.5. The van der Waals surface area contributed by atoms with Crippen molar-refractivity contribution in [3.8, 4) is 17.2 Å². The number of alkyl halides is 3. The molecule has 0 saturated heterocycles. The van der Waals surface area contributed by atoms with Gasteiger partial charge in [-0.25, -0.2) is 5.84 Å². The SMILES string of the molecule is CN(C)c1ccc(/C(N)=C(\C#N)NN)cc1-c1cccc(C(F)(F)F)c1. The first-order valence-electron chi connectivity index (χ1n) is 7.55. The molecule has 0 unspecified atom stereocenters. The average Bonchev–Trinajstić information content (AvgIpc) is 2.61. The van der Waals surface area contributed by atoms with Gasteiger partial charge in [-0.05, 0) is 29.8 Å². The Morgan fingerprint density at radius 3 is 2.38 bits per heavy atom. The molecule has 136 valence electrons. The van der Waals surface area contributed by atoms with Gasteiger partial charge in [0.15, 0.2) is 5.70 Å². The van der Waals surface area contributed by atoms with E-state index in [2.05, 4.69) is 5.43 Å². The first kappa shape index (κ1) is 19.1. The number of hydrogen-bond donors (Lipinski definition) is 3. The van der Waals surface area contributed by atoms with Crippen LogP contribution in [0.5, 0.6) is 0 Å². The summed E-state index contributed by atoms with van der Waals surface area (Å²) in [5, 5.41) is 9.05. The van der Waals surface area contributed by atoms with Crippen LogP contribution in [0.4, 0.5) is 18.9 Å². The summed E-state index contributed by atoms with van der Waals surface area (Å²) in [4.78, 5) is 1.78. The number of nitriles is 1. The number of rotatable bonds is 4. The van der Waals surface area contributed by atoms with E-state index in [1.807, 2.05) is 6.07 Å². The van der Waals surface area contributed by atoms with Crippen LogP contribution in [0.2, 0.25) is 0 Å². The lowest BCUT2D eigenvalue weighted by Gasteiger charge is -2.20. The molecule has 2 rings (SSSR count). The Morgan fingerprint density at radius 2 is 1.85 bits per heavy atom. The summed E-state index contributed by atoms with van der Waals surface area (Å²) in [6, 6.07) is 11.9. The lowest BCUT2D eigenvalue weighted by Crippen LogP contribution is -2.23. The molecular formula is C18H18F3N5. The van der Waals surface area contributed by atoms with Crippen LogP contribution in [0.3, 0.4) is 0 Å². The number of anilines is 1. The first-order valence-corrected chi connectivity index (χ1v) is 7.55. The monoisotopic (exact) mass is 361 g/mol. The van der Waals surface area contributed by atoms with Crippen molar-refractivity contribution in [2.75, 3.05) is 19.0 Å². The number of benzene rings is 2. The van der Waals surface area contributed by atoms with E-state index in [1.165, 1.54) is 6.07 Å². The molecule has 0 atom stereocenters. The summed E-state index contributed by atoms with van der Waals surface area (Å²) >= 11 is 0. The van der Waals surface area contributed by atoms with Gasteiger partial charge < -0.3 is 16.1 Å². The van der Waals surface area contributed by atoms with Gasteiger partial charge in [-0.1, -0.05) is 18.2 Å². The van der Waals surface area contributed by atoms with Gasteiger partial charge in [-0.3, -0.25) is 0 Å². The van der Waals surface area contributed by atoms with Gasteiger partial charge in [0.05, 0.1) is 11.3 Å². The molecule has 8 heteroatoms. The van der Waals surface area contributed by atoms with Gasteiger partial charge in [-0.15, -0.1) is 0 Å². The Labute approximate surface area is 149 Å². The largest absolute Gasteiger partial charge is 0.416 e. The zero-order valence-corrected chi connectivity index (χ0v) is 14.2. The highest BCUT2D eigenvalue weighted by molar-refractivity contribution is 5.83. The van der Waals surface area contributed by atoms with Crippen LogP contribution in [-0.2, 0) is 6.18 Å². The normalized spacial score (nSPS) is 12.2. The van der Waals surface area contributed by atoms with Gasteiger partial charge in [0.25, 0.3) is 0 Å². The fourth-order valence-electron chi connectivity index (χ4n) is 2.50. The molecule has 0 spiro atoms. The molecule has 0 bridgehead atoms. The van der Waals surface area contributed by atoms with Crippen molar-refractivity contribution in [2.24, 2.45) is 11.6 Å². The Morgan fingerprint density at radius 1 is 1.15 bits per heavy atom. The molecule has 0 aromatic heterocycles. The number of nitrogens with two attached hydrogens (primary N) is 2. The minimum atomic E-state index is -4.44. The molecule has 0 heterocycles. The van der Waals surface area contributed by atoms with E-state index in [1.54, 1.807) is 43.3 Å². The summed E-state index contributed by atoms with van der Waals surface area (Å²) in [5.41, 5.74) is 9.61. The lowest BCUT2D eigenvalue weighted by molar-refractivity contribution is -0.137. The Kier molecular flexibility index (Phi) is 5.43. The Hall–Kier alpha value is -3.18. The maximum atomic E-state index is 13.1. The average molecular weight is 361 g/mol. The minimum Gasteiger partial charge on any atom is -0.396 e. The third-order valence-electron chi connectivity index (χ3n) is 3.82. The third-order valence-corrected chi connectivity index (χ3v) is 3.82. The van der Waals surface area contributed by atoms with Gasteiger partial charge in [-0.2, -0.15) is 18.4 Å². The Balaban J connectivity index is 2.69. The predicted octanol–water partition coefficient (Wildman–Crippen LogP) is 3.05. The van der Waals surface area contributed by atoms with Crippen molar-refractivity contribution in [3.05, 3.63) is 59.3 Å². The number of hydrogen-bond acceptors (Lipinski definition) is 5. The van der Waals surface area contributed by atoms with Gasteiger partial charge in [0.1, 0.15) is 6.07 Å². The number of halogens is 3.